The Kier molecular flexibility index (Phi) is 22.7. The maximum absolute atomic E-state index is 12.1. The molecule has 0 rings (SSSR count). The number of carbonyl (C=O) groups is 1. The summed E-state index contributed by atoms with van der Waals surface area (Å²) in [6, 6.07) is 0. The number of allylic oxidation sites excluding steroid dienone is 2. The first kappa shape index (κ1) is 36.2. The predicted octanol–water partition coefficient (Wildman–Crippen LogP) is 6.18. The van der Waals surface area contributed by atoms with Gasteiger partial charge < -0.3 is 27.9 Å². The Morgan fingerprint density at radius 1 is 0.811 bits per heavy atom. The second kappa shape index (κ2) is 23.2. The lowest BCUT2D eigenvalue weighted by atomic mass is 10.1. The van der Waals surface area contributed by atoms with Gasteiger partial charge in [0.05, 0.1) is 34.4 Å². The van der Waals surface area contributed by atoms with Crippen molar-refractivity contribution in [1.82, 2.24) is 0 Å². The third kappa shape index (κ3) is 26.6. The van der Waals surface area contributed by atoms with Crippen LogP contribution in [0, 0.1) is 0 Å². The standard InChI is InChI=1S/C28H56NO7P/c1-6-8-10-11-12-13-14-15-16-17-18-19-20-23-33-25-27(36-28(30)21-9-7-2)26-35-37(31,32)34-24-22-29(3,4)5/h12-13,27H,6-11,14-26H2,1-5H3/b13-12-. The van der Waals surface area contributed by atoms with E-state index in [0.29, 0.717) is 17.6 Å². The van der Waals surface area contributed by atoms with Gasteiger partial charge in [0, 0.05) is 13.0 Å². The van der Waals surface area contributed by atoms with Gasteiger partial charge in [-0.3, -0.25) is 9.36 Å². The van der Waals surface area contributed by atoms with E-state index < -0.39 is 13.9 Å². The molecule has 0 saturated heterocycles. The van der Waals surface area contributed by atoms with Crippen LogP contribution in [0.3, 0.4) is 0 Å². The van der Waals surface area contributed by atoms with E-state index in [-0.39, 0.29) is 32.2 Å². The number of carbonyl (C=O) groups excluding carboxylic acids is 1. The molecule has 0 amide bonds. The molecular weight excluding hydrogens is 493 g/mol. The second-order valence-corrected chi connectivity index (χ2v) is 12.2. The number of rotatable bonds is 26. The first-order valence-corrected chi connectivity index (χ1v) is 15.9. The molecule has 0 aromatic carbocycles. The highest BCUT2D eigenvalue weighted by atomic mass is 31.2. The zero-order valence-electron chi connectivity index (χ0n) is 24.4. The van der Waals surface area contributed by atoms with Crippen LogP contribution in [0.1, 0.15) is 104 Å². The lowest BCUT2D eigenvalue weighted by molar-refractivity contribution is -0.870. The first-order valence-electron chi connectivity index (χ1n) is 14.4. The molecule has 9 heteroatoms. The average molecular weight is 550 g/mol. The molecule has 0 aliphatic heterocycles. The van der Waals surface area contributed by atoms with Crippen LogP contribution in [0.25, 0.3) is 0 Å². The number of esters is 1. The monoisotopic (exact) mass is 549 g/mol. The van der Waals surface area contributed by atoms with Gasteiger partial charge in [-0.15, -0.1) is 0 Å². The number of hydrogen-bond acceptors (Lipinski definition) is 7. The Morgan fingerprint density at radius 2 is 1.41 bits per heavy atom. The highest BCUT2D eigenvalue weighted by molar-refractivity contribution is 7.45. The van der Waals surface area contributed by atoms with E-state index in [9.17, 15) is 14.3 Å². The van der Waals surface area contributed by atoms with E-state index in [2.05, 4.69) is 19.1 Å². The maximum atomic E-state index is 12.1. The fourth-order valence-electron chi connectivity index (χ4n) is 3.46. The van der Waals surface area contributed by atoms with Gasteiger partial charge in [0.15, 0.2) is 0 Å². The quantitative estimate of drug-likeness (QED) is 0.0418. The zero-order chi connectivity index (χ0) is 27.8. The van der Waals surface area contributed by atoms with Crippen molar-refractivity contribution in [2.75, 3.05) is 54.1 Å². The van der Waals surface area contributed by atoms with Gasteiger partial charge >= 0.3 is 5.97 Å². The van der Waals surface area contributed by atoms with E-state index in [1.807, 2.05) is 28.1 Å². The fourth-order valence-corrected chi connectivity index (χ4v) is 4.18. The van der Waals surface area contributed by atoms with Gasteiger partial charge in [0.1, 0.15) is 19.3 Å². The molecule has 0 N–H and O–H groups in total. The lowest BCUT2D eigenvalue weighted by Gasteiger charge is -2.28. The van der Waals surface area contributed by atoms with Crippen molar-refractivity contribution in [1.29, 1.82) is 0 Å². The van der Waals surface area contributed by atoms with E-state index in [4.69, 9.17) is 18.5 Å². The molecule has 2 atom stereocenters. The predicted molar refractivity (Wildman–Crippen MR) is 148 cm³/mol. The van der Waals surface area contributed by atoms with Crippen LogP contribution < -0.4 is 4.89 Å². The van der Waals surface area contributed by atoms with Gasteiger partial charge in [-0.2, -0.15) is 0 Å². The highest BCUT2D eigenvalue weighted by Gasteiger charge is 2.20. The molecule has 0 aliphatic carbocycles. The Balaban J connectivity index is 4.13. The summed E-state index contributed by atoms with van der Waals surface area (Å²) >= 11 is 0. The molecule has 2 unspecified atom stereocenters. The van der Waals surface area contributed by atoms with E-state index in [1.54, 1.807) is 0 Å². The molecule has 0 heterocycles. The molecule has 0 aromatic heterocycles. The summed E-state index contributed by atoms with van der Waals surface area (Å²) < 4.78 is 33.7. The largest absolute Gasteiger partial charge is 0.756 e. The van der Waals surface area contributed by atoms with Crippen LogP contribution in [0.15, 0.2) is 12.2 Å². The Hall–Kier alpha value is -0.760. The molecule has 0 aromatic rings. The zero-order valence-corrected chi connectivity index (χ0v) is 25.3. The fraction of sp³-hybridized carbons (Fsp3) is 0.893. The third-order valence-electron chi connectivity index (χ3n) is 5.82. The first-order chi connectivity index (χ1) is 17.6. The normalized spacial score (nSPS) is 14.6. The number of hydrogen-bond donors (Lipinski definition) is 0. The molecule has 0 saturated carbocycles. The molecule has 37 heavy (non-hydrogen) atoms. The summed E-state index contributed by atoms with van der Waals surface area (Å²) in [5.41, 5.74) is 0. The van der Waals surface area contributed by atoms with Crippen molar-refractivity contribution < 1.29 is 37.3 Å². The molecule has 0 spiro atoms. The lowest BCUT2D eigenvalue weighted by Crippen LogP contribution is -2.37. The topological polar surface area (TPSA) is 94.1 Å². The van der Waals surface area contributed by atoms with Crippen LogP contribution in [0.4, 0.5) is 0 Å². The SMILES string of the molecule is CCCCC/C=C\CCCCCCCCOCC(COP(=O)([O-])OCC[N+](C)(C)C)OC(=O)CCCC. The number of nitrogens with zero attached hydrogens (tertiary/aromatic N) is 1. The Morgan fingerprint density at radius 3 is 2.03 bits per heavy atom. The molecular formula is C28H56NO7P. The Labute approximate surface area is 227 Å². The van der Waals surface area contributed by atoms with Crippen molar-refractivity contribution in [3.8, 4) is 0 Å². The third-order valence-corrected chi connectivity index (χ3v) is 6.78. The summed E-state index contributed by atoms with van der Waals surface area (Å²) in [5.74, 6) is -0.374. The minimum absolute atomic E-state index is 0.0253. The van der Waals surface area contributed by atoms with Gasteiger partial charge in [0.2, 0.25) is 0 Å². The van der Waals surface area contributed by atoms with E-state index in [1.165, 1.54) is 57.8 Å². The molecule has 8 nitrogen and oxygen atoms in total. The summed E-state index contributed by atoms with van der Waals surface area (Å²) in [5, 5.41) is 0. The van der Waals surface area contributed by atoms with Crippen molar-refractivity contribution in [3.05, 3.63) is 12.2 Å². The number of unbranched alkanes of at least 4 members (excludes halogenated alkanes) is 10. The number of phosphoric ester groups is 1. The van der Waals surface area contributed by atoms with Crippen LogP contribution >= 0.6 is 7.82 Å². The van der Waals surface area contributed by atoms with Gasteiger partial charge in [-0.1, -0.05) is 70.9 Å². The van der Waals surface area contributed by atoms with Crippen LogP contribution in [-0.2, 0) is 27.9 Å². The van der Waals surface area contributed by atoms with E-state index in [0.717, 1.165) is 25.7 Å². The van der Waals surface area contributed by atoms with Crippen LogP contribution in [-0.4, -0.2) is 70.7 Å². The van der Waals surface area contributed by atoms with Gasteiger partial charge in [-0.25, -0.2) is 0 Å². The smallest absolute Gasteiger partial charge is 0.306 e. The van der Waals surface area contributed by atoms with Crippen LogP contribution in [0.5, 0.6) is 0 Å². The number of phosphoric acid groups is 1. The van der Waals surface area contributed by atoms with Crippen molar-refractivity contribution in [2.24, 2.45) is 0 Å². The molecule has 0 bridgehead atoms. The number of quaternary nitrogens is 1. The van der Waals surface area contributed by atoms with E-state index >= 15 is 0 Å². The Bertz CT molecular complexity index is 622. The van der Waals surface area contributed by atoms with Crippen molar-refractivity contribution >= 4 is 13.8 Å². The molecule has 0 aliphatic rings. The molecule has 220 valence electrons. The molecule has 0 fully saturated rings. The summed E-state index contributed by atoms with van der Waals surface area (Å²) in [4.78, 5) is 24.1. The second-order valence-electron chi connectivity index (χ2n) is 10.8. The average Bonchev–Trinajstić information content (AvgIpc) is 2.82. The minimum atomic E-state index is -4.48. The van der Waals surface area contributed by atoms with Gasteiger partial charge in [0.25, 0.3) is 7.82 Å². The minimum Gasteiger partial charge on any atom is -0.756 e. The van der Waals surface area contributed by atoms with Crippen molar-refractivity contribution in [3.63, 3.8) is 0 Å². The van der Waals surface area contributed by atoms with Crippen LogP contribution in [0.2, 0.25) is 0 Å². The number of ether oxygens (including phenoxy) is 2. The summed E-state index contributed by atoms with van der Waals surface area (Å²) in [6.45, 7) is 5.10. The van der Waals surface area contributed by atoms with Gasteiger partial charge in [-0.05, 0) is 38.5 Å². The summed E-state index contributed by atoms with van der Waals surface area (Å²) in [7, 11) is 1.34. The number of likely N-dealkylation sites (N-methyl/N-ethyl adjacent to an activating group) is 1. The highest BCUT2D eigenvalue weighted by Crippen LogP contribution is 2.38. The molecule has 0 radical (unpaired) electrons. The van der Waals surface area contributed by atoms with Crippen molar-refractivity contribution in [2.45, 2.75) is 110 Å². The summed E-state index contributed by atoms with van der Waals surface area (Å²) in [6.07, 6.45) is 18.9. The maximum Gasteiger partial charge on any atom is 0.306 e.